The highest BCUT2D eigenvalue weighted by atomic mass is 32.1. The van der Waals surface area contributed by atoms with E-state index in [0.717, 1.165) is 5.69 Å². The largest absolute Gasteiger partial charge is 0.444 e. The topological polar surface area (TPSA) is 71.5 Å². The number of anilines is 1. The van der Waals surface area contributed by atoms with Gasteiger partial charge >= 0.3 is 6.09 Å². The zero-order valence-corrected chi connectivity index (χ0v) is 11.1. The Balaban J connectivity index is 2.46. The lowest BCUT2D eigenvalue weighted by Gasteiger charge is -2.18. The fourth-order valence-corrected chi connectivity index (χ4v) is 1.86. The molecule has 0 bridgehead atoms. The summed E-state index contributed by atoms with van der Waals surface area (Å²) in [5.41, 5.74) is 0.358. The van der Waals surface area contributed by atoms with E-state index in [4.69, 9.17) is 9.84 Å². The predicted octanol–water partition coefficient (Wildman–Crippen LogP) is 2.42. The molecule has 0 aliphatic heterocycles. The van der Waals surface area contributed by atoms with Crippen molar-refractivity contribution in [1.29, 1.82) is 0 Å². The van der Waals surface area contributed by atoms with Crippen molar-refractivity contribution in [2.24, 2.45) is 0 Å². The van der Waals surface area contributed by atoms with Crippen LogP contribution in [0, 0.1) is 0 Å². The molecule has 0 aromatic carbocycles. The van der Waals surface area contributed by atoms with Crippen LogP contribution in [-0.2, 0) is 11.2 Å². The molecule has 1 rings (SSSR count). The van der Waals surface area contributed by atoms with E-state index in [-0.39, 0.29) is 6.61 Å². The lowest BCUT2D eigenvalue weighted by atomic mass is 10.2. The van der Waals surface area contributed by atoms with Crippen LogP contribution >= 0.6 is 11.3 Å². The average molecular weight is 258 g/mol. The Morgan fingerprint density at radius 2 is 2.29 bits per heavy atom. The van der Waals surface area contributed by atoms with Crippen molar-refractivity contribution in [2.75, 3.05) is 11.9 Å². The first-order valence-electron chi connectivity index (χ1n) is 5.46. The zero-order chi connectivity index (χ0) is 12.9. The van der Waals surface area contributed by atoms with Gasteiger partial charge in [0.25, 0.3) is 0 Å². The highest BCUT2D eigenvalue weighted by Crippen LogP contribution is 2.17. The van der Waals surface area contributed by atoms with Crippen molar-refractivity contribution in [1.82, 2.24) is 4.98 Å². The summed E-state index contributed by atoms with van der Waals surface area (Å²) in [5.74, 6) is 0. The molecule has 17 heavy (non-hydrogen) atoms. The van der Waals surface area contributed by atoms with Crippen LogP contribution in [0.3, 0.4) is 0 Å². The van der Waals surface area contributed by atoms with Gasteiger partial charge in [0.1, 0.15) is 5.60 Å². The minimum Gasteiger partial charge on any atom is -0.444 e. The quantitative estimate of drug-likeness (QED) is 0.870. The second kappa shape index (κ2) is 5.97. The summed E-state index contributed by atoms with van der Waals surface area (Å²) in [7, 11) is 0. The van der Waals surface area contributed by atoms with Crippen molar-refractivity contribution in [3.8, 4) is 0 Å². The van der Waals surface area contributed by atoms with E-state index in [1.54, 1.807) is 20.8 Å². The van der Waals surface area contributed by atoms with Gasteiger partial charge in [-0.05, 0) is 33.6 Å². The van der Waals surface area contributed by atoms with Crippen molar-refractivity contribution in [3.05, 3.63) is 11.1 Å². The molecule has 2 N–H and O–H groups in total. The fraction of sp³-hybridized carbons (Fsp3) is 0.636. The van der Waals surface area contributed by atoms with Crippen LogP contribution < -0.4 is 5.32 Å². The Morgan fingerprint density at radius 1 is 1.59 bits per heavy atom. The smallest absolute Gasteiger partial charge is 0.413 e. The molecule has 1 aromatic rings. The number of thiazole rings is 1. The van der Waals surface area contributed by atoms with Gasteiger partial charge in [-0.15, -0.1) is 11.3 Å². The first kappa shape index (κ1) is 13.9. The molecule has 1 amide bonds. The van der Waals surface area contributed by atoms with Crippen LogP contribution in [0.2, 0.25) is 0 Å². The second-order valence-corrected chi connectivity index (χ2v) is 5.46. The van der Waals surface area contributed by atoms with Gasteiger partial charge in [0.15, 0.2) is 5.13 Å². The first-order valence-corrected chi connectivity index (χ1v) is 6.34. The summed E-state index contributed by atoms with van der Waals surface area (Å²) >= 11 is 1.35. The molecule has 1 heterocycles. The lowest BCUT2D eigenvalue weighted by Crippen LogP contribution is -2.27. The molecular formula is C11H18N2O3S. The molecule has 1 aromatic heterocycles. The number of rotatable bonds is 4. The van der Waals surface area contributed by atoms with E-state index in [0.29, 0.717) is 18.0 Å². The van der Waals surface area contributed by atoms with Gasteiger partial charge in [-0.25, -0.2) is 9.78 Å². The molecular weight excluding hydrogens is 240 g/mol. The summed E-state index contributed by atoms with van der Waals surface area (Å²) in [6, 6.07) is 0. The molecule has 6 heteroatoms. The highest BCUT2D eigenvalue weighted by Gasteiger charge is 2.17. The number of nitrogens with zero attached hydrogens (tertiary/aromatic N) is 1. The Kier molecular flexibility index (Phi) is 4.89. The Hall–Kier alpha value is -1.14. The third kappa shape index (κ3) is 5.65. The molecule has 0 unspecified atom stereocenters. The maximum atomic E-state index is 11.4. The van der Waals surface area contributed by atoms with Gasteiger partial charge < -0.3 is 9.84 Å². The maximum Gasteiger partial charge on any atom is 0.413 e. The number of carbonyl (C=O) groups is 1. The van der Waals surface area contributed by atoms with Gasteiger partial charge in [-0.1, -0.05) is 0 Å². The number of aromatic nitrogens is 1. The number of aryl methyl sites for hydroxylation is 1. The number of amides is 1. The monoisotopic (exact) mass is 258 g/mol. The van der Waals surface area contributed by atoms with Crippen LogP contribution in [0.25, 0.3) is 0 Å². The standard InChI is InChI=1S/C11H18N2O3S/c1-11(2,3)16-10(15)13-9-12-8(7-17-9)5-4-6-14/h7,14H,4-6H2,1-3H3,(H,12,13,15). The van der Waals surface area contributed by atoms with E-state index in [1.165, 1.54) is 11.3 Å². The van der Waals surface area contributed by atoms with Gasteiger partial charge in [0, 0.05) is 12.0 Å². The van der Waals surface area contributed by atoms with E-state index in [1.807, 2.05) is 5.38 Å². The number of hydrogen-bond acceptors (Lipinski definition) is 5. The number of hydrogen-bond donors (Lipinski definition) is 2. The third-order valence-electron chi connectivity index (χ3n) is 1.75. The normalized spacial score (nSPS) is 11.3. The molecule has 0 atom stereocenters. The predicted molar refractivity (Wildman–Crippen MR) is 67.4 cm³/mol. The Labute approximate surface area is 105 Å². The van der Waals surface area contributed by atoms with Gasteiger partial charge in [0.2, 0.25) is 0 Å². The van der Waals surface area contributed by atoms with E-state index in [9.17, 15) is 4.79 Å². The fourth-order valence-electron chi connectivity index (χ4n) is 1.13. The van der Waals surface area contributed by atoms with Crippen molar-refractivity contribution in [3.63, 3.8) is 0 Å². The third-order valence-corrected chi connectivity index (χ3v) is 2.56. The molecule has 0 aliphatic carbocycles. The summed E-state index contributed by atoms with van der Waals surface area (Å²) in [6.45, 7) is 5.57. The van der Waals surface area contributed by atoms with Crippen LogP contribution in [0.4, 0.5) is 9.93 Å². The molecule has 0 saturated carbocycles. The summed E-state index contributed by atoms with van der Waals surface area (Å²) in [5, 5.41) is 13.7. The number of nitrogens with one attached hydrogen (secondary N) is 1. The van der Waals surface area contributed by atoms with Gasteiger partial charge in [-0.2, -0.15) is 0 Å². The Bertz CT molecular complexity index is 371. The summed E-state index contributed by atoms with van der Waals surface area (Å²) in [6.07, 6.45) is 0.888. The molecule has 96 valence electrons. The maximum absolute atomic E-state index is 11.4. The average Bonchev–Trinajstić information content (AvgIpc) is 2.59. The van der Waals surface area contributed by atoms with E-state index >= 15 is 0 Å². The van der Waals surface area contributed by atoms with Crippen LogP contribution in [0.5, 0.6) is 0 Å². The van der Waals surface area contributed by atoms with Crippen molar-refractivity contribution < 1.29 is 14.6 Å². The van der Waals surface area contributed by atoms with Crippen LogP contribution in [0.1, 0.15) is 32.9 Å². The Morgan fingerprint density at radius 3 is 2.88 bits per heavy atom. The van der Waals surface area contributed by atoms with Crippen molar-refractivity contribution >= 4 is 22.6 Å². The van der Waals surface area contributed by atoms with Crippen LogP contribution in [0.15, 0.2) is 5.38 Å². The number of carbonyl (C=O) groups excluding carboxylic acids is 1. The molecule has 0 saturated heterocycles. The number of aliphatic hydroxyl groups is 1. The lowest BCUT2D eigenvalue weighted by molar-refractivity contribution is 0.0636. The molecule has 0 spiro atoms. The minimum atomic E-state index is -0.513. The minimum absolute atomic E-state index is 0.145. The van der Waals surface area contributed by atoms with Crippen LogP contribution in [-0.4, -0.2) is 28.4 Å². The molecule has 0 radical (unpaired) electrons. The molecule has 0 fully saturated rings. The van der Waals surface area contributed by atoms with Gasteiger partial charge in [-0.3, -0.25) is 5.32 Å². The van der Waals surface area contributed by atoms with E-state index in [2.05, 4.69) is 10.3 Å². The SMILES string of the molecule is CC(C)(C)OC(=O)Nc1nc(CCCO)cs1. The summed E-state index contributed by atoms with van der Waals surface area (Å²) < 4.78 is 5.11. The van der Waals surface area contributed by atoms with E-state index < -0.39 is 11.7 Å². The van der Waals surface area contributed by atoms with Gasteiger partial charge in [0.05, 0.1) is 5.69 Å². The first-order chi connectivity index (χ1) is 7.90. The highest BCUT2D eigenvalue weighted by molar-refractivity contribution is 7.13. The number of aliphatic hydroxyl groups excluding tert-OH is 1. The second-order valence-electron chi connectivity index (χ2n) is 4.60. The van der Waals surface area contributed by atoms with Crippen molar-refractivity contribution in [2.45, 2.75) is 39.2 Å². The zero-order valence-electron chi connectivity index (χ0n) is 10.3. The molecule has 0 aliphatic rings. The number of ether oxygens (including phenoxy) is 1. The molecule has 5 nitrogen and oxygen atoms in total. The summed E-state index contributed by atoms with van der Waals surface area (Å²) in [4.78, 5) is 15.7.